The van der Waals surface area contributed by atoms with Crippen LogP contribution in [0.1, 0.15) is 24.0 Å². The van der Waals surface area contributed by atoms with E-state index in [1.807, 2.05) is 0 Å². The first-order valence-electron chi connectivity index (χ1n) is 10.1. The molecule has 2 fully saturated rings. The van der Waals surface area contributed by atoms with E-state index >= 15 is 0 Å². The van der Waals surface area contributed by atoms with Crippen LogP contribution < -0.4 is 5.32 Å². The van der Waals surface area contributed by atoms with Gasteiger partial charge in [-0.3, -0.25) is 9.80 Å². The zero-order chi connectivity index (χ0) is 17.6. The molecule has 0 saturated carbocycles. The van der Waals surface area contributed by atoms with Gasteiger partial charge in [0.05, 0.1) is 6.17 Å². The van der Waals surface area contributed by atoms with E-state index in [1.165, 1.54) is 56.6 Å². The van der Waals surface area contributed by atoms with Gasteiger partial charge in [0.25, 0.3) is 0 Å². The number of piperidine rings is 1. The fourth-order valence-electron chi connectivity index (χ4n) is 4.46. The van der Waals surface area contributed by atoms with Crippen LogP contribution in [-0.2, 0) is 13.0 Å². The van der Waals surface area contributed by atoms with Crippen molar-refractivity contribution in [2.24, 2.45) is 5.92 Å². The topological polar surface area (TPSA) is 18.5 Å². The summed E-state index contributed by atoms with van der Waals surface area (Å²) in [5, 5.41) is 3.78. The number of rotatable bonds is 5. The summed E-state index contributed by atoms with van der Waals surface area (Å²) in [6, 6.07) is 21.9. The monoisotopic (exact) mass is 349 g/mol. The van der Waals surface area contributed by atoms with Gasteiger partial charge in [-0.15, -0.1) is 0 Å². The zero-order valence-corrected chi connectivity index (χ0v) is 15.7. The van der Waals surface area contributed by atoms with Gasteiger partial charge >= 0.3 is 0 Å². The number of hydrogen-bond acceptors (Lipinski definition) is 3. The number of benzene rings is 2. The molecule has 2 saturated heterocycles. The predicted octanol–water partition coefficient (Wildman–Crippen LogP) is 3.37. The fourth-order valence-corrected chi connectivity index (χ4v) is 4.46. The third kappa shape index (κ3) is 4.73. The Morgan fingerprint density at radius 2 is 1.46 bits per heavy atom. The second-order valence-corrected chi connectivity index (χ2v) is 7.85. The van der Waals surface area contributed by atoms with Gasteiger partial charge < -0.3 is 5.32 Å². The van der Waals surface area contributed by atoms with Crippen LogP contribution in [0.15, 0.2) is 60.7 Å². The largest absolute Gasteiger partial charge is 0.302 e. The van der Waals surface area contributed by atoms with E-state index in [9.17, 15) is 0 Å². The molecule has 0 aromatic heterocycles. The molecule has 2 aromatic rings. The Labute approximate surface area is 158 Å². The number of hydrogen-bond donors (Lipinski definition) is 1. The van der Waals surface area contributed by atoms with Crippen LogP contribution in [0.2, 0.25) is 0 Å². The Balaban J connectivity index is 1.26. The lowest BCUT2D eigenvalue weighted by atomic mass is 9.89. The van der Waals surface area contributed by atoms with Gasteiger partial charge in [-0.05, 0) is 42.9 Å². The van der Waals surface area contributed by atoms with E-state index in [0.717, 1.165) is 19.0 Å². The molecule has 0 aliphatic carbocycles. The Bertz CT molecular complexity index is 650. The minimum absolute atomic E-state index is 0.566. The third-order valence-corrected chi connectivity index (χ3v) is 5.95. The van der Waals surface area contributed by atoms with Crippen molar-refractivity contribution in [2.45, 2.75) is 32.0 Å². The molecule has 2 unspecified atom stereocenters. The van der Waals surface area contributed by atoms with Crippen molar-refractivity contribution in [3.63, 3.8) is 0 Å². The van der Waals surface area contributed by atoms with Crippen LogP contribution in [0.3, 0.4) is 0 Å². The van der Waals surface area contributed by atoms with Crippen LogP contribution in [0.25, 0.3) is 0 Å². The second-order valence-electron chi connectivity index (χ2n) is 7.85. The quantitative estimate of drug-likeness (QED) is 0.893. The number of nitrogens with one attached hydrogen (secondary N) is 1. The van der Waals surface area contributed by atoms with Crippen LogP contribution in [0.4, 0.5) is 0 Å². The van der Waals surface area contributed by atoms with Crippen molar-refractivity contribution in [2.75, 3.05) is 32.7 Å². The molecule has 2 aromatic carbocycles. The molecule has 0 bridgehead atoms. The highest BCUT2D eigenvalue weighted by Crippen LogP contribution is 2.23. The van der Waals surface area contributed by atoms with Gasteiger partial charge in [0.1, 0.15) is 0 Å². The Kier molecular flexibility index (Phi) is 6.00. The molecular weight excluding hydrogens is 318 g/mol. The highest BCUT2D eigenvalue weighted by atomic mass is 15.3. The van der Waals surface area contributed by atoms with E-state index in [2.05, 4.69) is 75.8 Å². The summed E-state index contributed by atoms with van der Waals surface area (Å²) >= 11 is 0. The average Bonchev–Trinajstić information content (AvgIpc) is 2.70. The van der Waals surface area contributed by atoms with Crippen molar-refractivity contribution >= 4 is 0 Å². The summed E-state index contributed by atoms with van der Waals surface area (Å²) in [6.45, 7) is 6.97. The maximum atomic E-state index is 3.78. The van der Waals surface area contributed by atoms with Crippen molar-refractivity contribution in [3.8, 4) is 0 Å². The van der Waals surface area contributed by atoms with Crippen LogP contribution >= 0.6 is 0 Å². The lowest BCUT2D eigenvalue weighted by Crippen LogP contribution is -2.56. The van der Waals surface area contributed by atoms with Crippen LogP contribution in [-0.4, -0.2) is 48.7 Å². The van der Waals surface area contributed by atoms with Gasteiger partial charge in [0, 0.05) is 32.7 Å². The van der Waals surface area contributed by atoms with Crippen LogP contribution in [0, 0.1) is 5.92 Å². The summed E-state index contributed by atoms with van der Waals surface area (Å²) in [5.41, 5.74) is 2.92. The molecular formula is C23H31N3. The Morgan fingerprint density at radius 3 is 2.15 bits per heavy atom. The van der Waals surface area contributed by atoms with Gasteiger partial charge in [0.2, 0.25) is 0 Å². The normalized spacial score (nSPS) is 25.2. The molecule has 0 radical (unpaired) electrons. The van der Waals surface area contributed by atoms with Crippen LogP contribution in [0.5, 0.6) is 0 Å². The average molecular weight is 350 g/mol. The van der Waals surface area contributed by atoms with Crippen molar-refractivity contribution < 1.29 is 0 Å². The van der Waals surface area contributed by atoms with Gasteiger partial charge in [0.15, 0.2) is 0 Å². The molecule has 2 heterocycles. The lowest BCUT2D eigenvalue weighted by molar-refractivity contribution is 0.0530. The highest BCUT2D eigenvalue weighted by Gasteiger charge is 2.28. The van der Waals surface area contributed by atoms with E-state index in [4.69, 9.17) is 0 Å². The van der Waals surface area contributed by atoms with E-state index in [-0.39, 0.29) is 0 Å². The second kappa shape index (κ2) is 8.81. The summed E-state index contributed by atoms with van der Waals surface area (Å²) in [5.74, 6) is 0.811. The van der Waals surface area contributed by atoms with E-state index < -0.39 is 0 Å². The van der Waals surface area contributed by atoms with Gasteiger partial charge in [-0.25, -0.2) is 0 Å². The molecule has 2 atom stereocenters. The van der Waals surface area contributed by atoms with Crippen molar-refractivity contribution in [1.82, 2.24) is 15.1 Å². The van der Waals surface area contributed by atoms with Gasteiger partial charge in [-0.1, -0.05) is 60.7 Å². The summed E-state index contributed by atoms with van der Waals surface area (Å²) in [4.78, 5) is 5.27. The number of piperazine rings is 1. The zero-order valence-electron chi connectivity index (χ0n) is 15.7. The first-order chi connectivity index (χ1) is 12.9. The Hall–Kier alpha value is -1.68. The molecule has 0 amide bonds. The fraction of sp³-hybridized carbons (Fsp3) is 0.478. The minimum atomic E-state index is 0.566. The first kappa shape index (κ1) is 17.7. The summed E-state index contributed by atoms with van der Waals surface area (Å²) in [7, 11) is 0. The molecule has 3 heteroatoms. The predicted molar refractivity (Wildman–Crippen MR) is 108 cm³/mol. The smallest absolute Gasteiger partial charge is 0.0600 e. The molecule has 2 aliphatic rings. The molecule has 26 heavy (non-hydrogen) atoms. The van der Waals surface area contributed by atoms with E-state index in [1.54, 1.807) is 0 Å². The first-order valence-corrected chi connectivity index (χ1v) is 10.1. The summed E-state index contributed by atoms with van der Waals surface area (Å²) in [6.07, 6.45) is 4.39. The van der Waals surface area contributed by atoms with E-state index in [0.29, 0.717) is 6.17 Å². The van der Waals surface area contributed by atoms with Crippen molar-refractivity contribution in [3.05, 3.63) is 71.8 Å². The van der Waals surface area contributed by atoms with Crippen molar-refractivity contribution in [1.29, 1.82) is 0 Å². The molecule has 138 valence electrons. The highest BCUT2D eigenvalue weighted by molar-refractivity contribution is 5.16. The maximum absolute atomic E-state index is 3.78. The lowest BCUT2D eigenvalue weighted by Gasteiger charge is -2.43. The molecule has 2 aliphatic heterocycles. The molecule has 4 rings (SSSR count). The number of nitrogens with zero attached hydrogens (tertiary/aromatic N) is 2. The van der Waals surface area contributed by atoms with Gasteiger partial charge in [-0.2, -0.15) is 0 Å². The summed E-state index contributed by atoms with van der Waals surface area (Å²) < 4.78 is 0. The molecule has 0 spiro atoms. The Morgan fingerprint density at radius 1 is 0.808 bits per heavy atom. The molecule has 1 N–H and O–H groups in total. The minimum Gasteiger partial charge on any atom is -0.302 e. The third-order valence-electron chi connectivity index (χ3n) is 5.95. The standard InChI is InChI=1S/C23H31N3/c1-3-7-20(8-4-1)17-22-11-12-24-23(18-22)26-15-13-25(14-16-26)19-21-9-5-2-6-10-21/h1-10,22-24H,11-19H2. The molecule has 3 nitrogen and oxygen atoms in total. The maximum Gasteiger partial charge on any atom is 0.0600 e. The SMILES string of the molecule is c1ccc(CC2CCNC(N3CCN(Cc4ccccc4)CC3)C2)cc1.